The average molecular weight is 291 g/mol. The minimum absolute atomic E-state index is 0.0134. The summed E-state index contributed by atoms with van der Waals surface area (Å²) >= 11 is 0. The lowest BCUT2D eigenvalue weighted by Crippen LogP contribution is -2.41. The van der Waals surface area contributed by atoms with Crippen molar-refractivity contribution in [2.75, 3.05) is 45.2 Å². The van der Waals surface area contributed by atoms with Gasteiger partial charge in [0.05, 0.1) is 19.8 Å². The van der Waals surface area contributed by atoms with Gasteiger partial charge in [0.15, 0.2) is 0 Å². The fourth-order valence-electron chi connectivity index (χ4n) is 2.29. The van der Waals surface area contributed by atoms with E-state index in [-0.39, 0.29) is 18.4 Å². The monoisotopic (exact) mass is 291 g/mol. The van der Waals surface area contributed by atoms with E-state index in [4.69, 9.17) is 4.74 Å². The van der Waals surface area contributed by atoms with Gasteiger partial charge in [-0.05, 0) is 31.7 Å². The second-order valence-electron chi connectivity index (χ2n) is 4.96. The topological polar surface area (TPSA) is 70.7 Å². The summed E-state index contributed by atoms with van der Waals surface area (Å²) in [5, 5.41) is 5.61. The molecule has 0 radical (unpaired) electrons. The predicted octanol–water partition coefficient (Wildman–Crippen LogP) is 0.625. The van der Waals surface area contributed by atoms with Crippen LogP contribution in [-0.4, -0.2) is 56.6 Å². The van der Waals surface area contributed by atoms with Crippen LogP contribution in [0.1, 0.15) is 15.9 Å². The Hall–Kier alpha value is -1.92. The Bertz CT molecular complexity index is 525. The van der Waals surface area contributed by atoms with E-state index in [0.29, 0.717) is 37.6 Å². The molecule has 0 aliphatic carbocycles. The van der Waals surface area contributed by atoms with Gasteiger partial charge < -0.3 is 20.3 Å². The summed E-state index contributed by atoms with van der Waals surface area (Å²) in [7, 11) is 1.71. The summed E-state index contributed by atoms with van der Waals surface area (Å²) in [6, 6.07) is 5.38. The molecule has 1 fully saturated rings. The average Bonchev–Trinajstić information content (AvgIpc) is 2.50. The van der Waals surface area contributed by atoms with E-state index in [1.54, 1.807) is 30.1 Å². The van der Waals surface area contributed by atoms with Crippen molar-refractivity contribution < 1.29 is 14.3 Å². The number of morpholine rings is 1. The van der Waals surface area contributed by atoms with Gasteiger partial charge >= 0.3 is 0 Å². The number of amides is 2. The maximum absolute atomic E-state index is 12.5. The summed E-state index contributed by atoms with van der Waals surface area (Å²) < 4.78 is 5.26. The first-order valence-electron chi connectivity index (χ1n) is 7.04. The zero-order valence-electron chi connectivity index (χ0n) is 12.4. The molecule has 2 N–H and O–H groups in total. The molecule has 1 aliphatic rings. The minimum atomic E-state index is -0.128. The third kappa shape index (κ3) is 3.80. The SMILES string of the molecule is CNCC(=O)Nc1cccc(C(=O)N2CCOCC2)c1C. The molecule has 0 aromatic heterocycles. The third-order valence-electron chi connectivity index (χ3n) is 3.47. The lowest BCUT2D eigenvalue weighted by molar-refractivity contribution is -0.115. The number of hydrogen-bond donors (Lipinski definition) is 2. The molecule has 1 aromatic carbocycles. The third-order valence-corrected chi connectivity index (χ3v) is 3.47. The smallest absolute Gasteiger partial charge is 0.254 e. The van der Waals surface area contributed by atoms with Crippen molar-refractivity contribution in [1.82, 2.24) is 10.2 Å². The maximum atomic E-state index is 12.5. The highest BCUT2D eigenvalue weighted by Gasteiger charge is 2.21. The van der Waals surface area contributed by atoms with Crippen LogP contribution in [0.2, 0.25) is 0 Å². The number of carbonyl (C=O) groups is 2. The number of anilines is 1. The van der Waals surface area contributed by atoms with Gasteiger partial charge in [0.1, 0.15) is 0 Å². The highest BCUT2D eigenvalue weighted by Crippen LogP contribution is 2.20. The summed E-state index contributed by atoms with van der Waals surface area (Å²) in [5.41, 5.74) is 2.09. The largest absolute Gasteiger partial charge is 0.378 e. The Balaban J connectivity index is 2.16. The van der Waals surface area contributed by atoms with Crippen molar-refractivity contribution in [1.29, 1.82) is 0 Å². The van der Waals surface area contributed by atoms with Crippen LogP contribution in [0, 0.1) is 6.92 Å². The summed E-state index contributed by atoms with van der Waals surface area (Å²) in [4.78, 5) is 26.0. The summed E-state index contributed by atoms with van der Waals surface area (Å²) in [6.07, 6.45) is 0. The second kappa shape index (κ2) is 7.19. The number of hydrogen-bond acceptors (Lipinski definition) is 4. The number of likely N-dealkylation sites (N-methyl/N-ethyl adjacent to an activating group) is 1. The Kier molecular flexibility index (Phi) is 5.30. The van der Waals surface area contributed by atoms with Gasteiger partial charge in [0.25, 0.3) is 5.91 Å². The van der Waals surface area contributed by atoms with Crippen LogP contribution in [0.4, 0.5) is 5.69 Å². The van der Waals surface area contributed by atoms with Gasteiger partial charge in [-0.15, -0.1) is 0 Å². The second-order valence-corrected chi connectivity index (χ2v) is 4.96. The Morgan fingerprint density at radius 1 is 1.29 bits per heavy atom. The predicted molar refractivity (Wildman–Crippen MR) is 80.5 cm³/mol. The quantitative estimate of drug-likeness (QED) is 0.853. The van der Waals surface area contributed by atoms with E-state index in [0.717, 1.165) is 5.56 Å². The van der Waals surface area contributed by atoms with E-state index < -0.39 is 0 Å². The van der Waals surface area contributed by atoms with Crippen LogP contribution < -0.4 is 10.6 Å². The van der Waals surface area contributed by atoms with Crippen molar-refractivity contribution in [2.24, 2.45) is 0 Å². The number of ether oxygens (including phenoxy) is 1. The molecule has 0 saturated carbocycles. The Labute approximate surface area is 124 Å². The first kappa shape index (κ1) is 15.5. The minimum Gasteiger partial charge on any atom is -0.378 e. The van der Waals surface area contributed by atoms with Crippen molar-refractivity contribution >= 4 is 17.5 Å². The molecule has 0 unspecified atom stereocenters. The molecule has 1 aliphatic heterocycles. The number of nitrogens with zero attached hydrogens (tertiary/aromatic N) is 1. The highest BCUT2D eigenvalue weighted by molar-refractivity contribution is 5.99. The number of carbonyl (C=O) groups excluding carboxylic acids is 2. The van der Waals surface area contributed by atoms with Gasteiger partial charge in [-0.25, -0.2) is 0 Å². The zero-order chi connectivity index (χ0) is 15.2. The van der Waals surface area contributed by atoms with Crippen molar-refractivity contribution in [2.45, 2.75) is 6.92 Å². The molecular formula is C15H21N3O3. The van der Waals surface area contributed by atoms with E-state index in [1.807, 2.05) is 6.92 Å². The van der Waals surface area contributed by atoms with Crippen molar-refractivity contribution in [3.8, 4) is 0 Å². The van der Waals surface area contributed by atoms with Crippen LogP contribution in [0.25, 0.3) is 0 Å². The molecule has 1 aromatic rings. The first-order valence-corrected chi connectivity index (χ1v) is 7.04. The van der Waals surface area contributed by atoms with E-state index >= 15 is 0 Å². The highest BCUT2D eigenvalue weighted by atomic mass is 16.5. The molecular weight excluding hydrogens is 270 g/mol. The van der Waals surface area contributed by atoms with Crippen LogP contribution in [0.5, 0.6) is 0 Å². The van der Waals surface area contributed by atoms with Crippen molar-refractivity contribution in [3.05, 3.63) is 29.3 Å². The number of rotatable bonds is 4. The lowest BCUT2D eigenvalue weighted by Gasteiger charge is -2.27. The summed E-state index contributed by atoms with van der Waals surface area (Å²) in [6.45, 7) is 4.44. The van der Waals surface area contributed by atoms with Crippen LogP contribution in [-0.2, 0) is 9.53 Å². The molecule has 1 heterocycles. The number of benzene rings is 1. The van der Waals surface area contributed by atoms with E-state index in [1.165, 1.54) is 0 Å². The Morgan fingerprint density at radius 3 is 2.67 bits per heavy atom. The molecule has 0 bridgehead atoms. The molecule has 6 nitrogen and oxygen atoms in total. The molecule has 2 amide bonds. The van der Waals surface area contributed by atoms with Gasteiger partial charge in [0.2, 0.25) is 5.91 Å². The van der Waals surface area contributed by atoms with Gasteiger partial charge in [-0.1, -0.05) is 6.07 Å². The Morgan fingerprint density at radius 2 is 2.00 bits per heavy atom. The fraction of sp³-hybridized carbons (Fsp3) is 0.467. The van der Waals surface area contributed by atoms with Crippen LogP contribution >= 0.6 is 0 Å². The van der Waals surface area contributed by atoms with Crippen molar-refractivity contribution in [3.63, 3.8) is 0 Å². The normalized spacial score (nSPS) is 14.9. The standard InChI is InChI=1S/C15H21N3O3/c1-11-12(15(20)18-6-8-21-9-7-18)4-3-5-13(11)17-14(19)10-16-2/h3-5,16H,6-10H2,1-2H3,(H,17,19). The van der Waals surface area contributed by atoms with Gasteiger partial charge in [-0.3, -0.25) is 9.59 Å². The van der Waals surface area contributed by atoms with Gasteiger partial charge in [0, 0.05) is 24.3 Å². The zero-order valence-corrected chi connectivity index (χ0v) is 12.4. The van der Waals surface area contributed by atoms with E-state index in [9.17, 15) is 9.59 Å². The lowest BCUT2D eigenvalue weighted by atomic mass is 10.0. The van der Waals surface area contributed by atoms with Crippen LogP contribution in [0.15, 0.2) is 18.2 Å². The molecule has 0 atom stereocenters. The molecule has 2 rings (SSSR count). The van der Waals surface area contributed by atoms with Gasteiger partial charge in [-0.2, -0.15) is 0 Å². The molecule has 114 valence electrons. The maximum Gasteiger partial charge on any atom is 0.254 e. The molecule has 1 saturated heterocycles. The van der Waals surface area contributed by atoms with Crippen LogP contribution in [0.3, 0.4) is 0 Å². The van der Waals surface area contributed by atoms with E-state index in [2.05, 4.69) is 10.6 Å². The first-order chi connectivity index (χ1) is 10.1. The fourth-order valence-corrected chi connectivity index (χ4v) is 2.29. The molecule has 21 heavy (non-hydrogen) atoms. The number of nitrogens with one attached hydrogen (secondary N) is 2. The molecule has 6 heteroatoms. The molecule has 0 spiro atoms. The summed E-state index contributed by atoms with van der Waals surface area (Å²) in [5.74, 6) is -0.142.